The molecule has 0 aliphatic heterocycles. The van der Waals surface area contributed by atoms with Gasteiger partial charge >= 0.3 is 0 Å². The van der Waals surface area contributed by atoms with Crippen LogP contribution in [0.1, 0.15) is 5.56 Å². The van der Waals surface area contributed by atoms with Crippen molar-refractivity contribution >= 4 is 23.3 Å². The smallest absolute Gasteiger partial charge is 0.290 e. The number of carboxylic acid groups (broad SMARTS) is 1. The van der Waals surface area contributed by atoms with Crippen LogP contribution in [0.5, 0.6) is 0 Å². The molecule has 0 atom stereocenters. The van der Waals surface area contributed by atoms with Gasteiger partial charge in [0.25, 0.3) is 6.47 Å². The molecule has 0 radical (unpaired) electrons. The minimum Gasteiger partial charge on any atom is -0.483 e. The molecule has 76 valence electrons. The van der Waals surface area contributed by atoms with Crippen molar-refractivity contribution in [2.24, 2.45) is 0 Å². The predicted octanol–water partition coefficient (Wildman–Crippen LogP) is 3.18. The van der Waals surface area contributed by atoms with Gasteiger partial charge in [0.1, 0.15) is 0 Å². The van der Waals surface area contributed by atoms with Crippen molar-refractivity contribution in [1.82, 2.24) is 0 Å². The van der Waals surface area contributed by atoms with Crippen LogP contribution >= 0.6 is 0 Å². The third-order valence-electron chi connectivity index (χ3n) is 2.04. The van der Waals surface area contributed by atoms with Crippen LogP contribution in [0, 0.1) is 0 Å². The van der Waals surface area contributed by atoms with Crippen molar-refractivity contribution in [1.29, 1.82) is 0 Å². The van der Waals surface area contributed by atoms with E-state index in [2.05, 4.69) is 49.0 Å². The van der Waals surface area contributed by atoms with Crippen LogP contribution in [0.25, 0.3) is 16.8 Å². The zero-order valence-corrected chi connectivity index (χ0v) is 8.26. The van der Waals surface area contributed by atoms with Crippen LogP contribution in [0.4, 0.5) is 0 Å². The summed E-state index contributed by atoms with van der Waals surface area (Å²) in [5.74, 6) is 0. The first-order valence-electron chi connectivity index (χ1n) is 4.51. The van der Waals surface area contributed by atoms with Gasteiger partial charge in [-0.3, -0.25) is 4.79 Å². The van der Waals surface area contributed by atoms with E-state index in [0.29, 0.717) is 0 Å². The zero-order chi connectivity index (χ0) is 11.1. The third-order valence-corrected chi connectivity index (χ3v) is 2.04. The Morgan fingerprint density at radius 1 is 1.07 bits per heavy atom. The summed E-state index contributed by atoms with van der Waals surface area (Å²) in [6, 6.07) is 14.6. The predicted molar refractivity (Wildman–Crippen MR) is 62.7 cm³/mol. The Morgan fingerprint density at radius 3 is 2.33 bits per heavy atom. The largest absolute Gasteiger partial charge is 0.483 e. The molecule has 2 heteroatoms. The molecular formula is C13H12O2. The SMILES string of the molecule is C=Cc1cccc2ccccc12.O=CO. The molecule has 0 aliphatic carbocycles. The first-order chi connectivity index (χ1) is 7.33. The van der Waals surface area contributed by atoms with Crippen molar-refractivity contribution in [2.75, 3.05) is 0 Å². The molecule has 0 bridgehead atoms. The number of fused-ring (bicyclic) bond motifs is 1. The van der Waals surface area contributed by atoms with Gasteiger partial charge in [-0.15, -0.1) is 0 Å². The molecule has 0 unspecified atom stereocenters. The van der Waals surface area contributed by atoms with Crippen molar-refractivity contribution in [3.05, 3.63) is 54.6 Å². The maximum Gasteiger partial charge on any atom is 0.290 e. The average molecular weight is 200 g/mol. The number of hydrogen-bond donors (Lipinski definition) is 1. The monoisotopic (exact) mass is 200 g/mol. The Labute approximate surface area is 88.5 Å². The highest BCUT2D eigenvalue weighted by molar-refractivity contribution is 5.90. The molecule has 2 aromatic carbocycles. The molecule has 2 nitrogen and oxygen atoms in total. The van der Waals surface area contributed by atoms with E-state index in [1.165, 1.54) is 16.3 Å². The number of hydrogen-bond acceptors (Lipinski definition) is 1. The molecule has 15 heavy (non-hydrogen) atoms. The van der Waals surface area contributed by atoms with Crippen molar-refractivity contribution in [2.45, 2.75) is 0 Å². The summed E-state index contributed by atoms with van der Waals surface area (Å²) in [4.78, 5) is 8.36. The lowest BCUT2D eigenvalue weighted by Crippen LogP contribution is -1.75. The Balaban J connectivity index is 0.000000337. The Morgan fingerprint density at radius 2 is 1.67 bits per heavy atom. The van der Waals surface area contributed by atoms with Gasteiger partial charge in [0.15, 0.2) is 0 Å². The van der Waals surface area contributed by atoms with Crippen LogP contribution < -0.4 is 0 Å². The zero-order valence-electron chi connectivity index (χ0n) is 8.26. The molecule has 0 amide bonds. The fraction of sp³-hybridized carbons (Fsp3) is 0. The van der Waals surface area contributed by atoms with E-state index < -0.39 is 0 Å². The summed E-state index contributed by atoms with van der Waals surface area (Å²) in [6.45, 7) is 3.53. The van der Waals surface area contributed by atoms with Gasteiger partial charge in [-0.1, -0.05) is 55.1 Å². The molecule has 0 fully saturated rings. The van der Waals surface area contributed by atoms with Gasteiger partial charge < -0.3 is 5.11 Å². The highest BCUT2D eigenvalue weighted by Gasteiger charge is 1.93. The molecule has 0 saturated carbocycles. The maximum absolute atomic E-state index is 8.36. The number of carbonyl (C=O) groups is 1. The number of benzene rings is 2. The molecule has 0 aliphatic rings. The lowest BCUT2D eigenvalue weighted by molar-refractivity contribution is -0.122. The fourth-order valence-electron chi connectivity index (χ4n) is 1.43. The van der Waals surface area contributed by atoms with E-state index in [4.69, 9.17) is 9.90 Å². The highest BCUT2D eigenvalue weighted by Crippen LogP contribution is 2.18. The second-order valence-corrected chi connectivity index (χ2v) is 2.88. The normalized spacial score (nSPS) is 8.80. The van der Waals surface area contributed by atoms with Crippen LogP contribution in [-0.4, -0.2) is 11.6 Å². The van der Waals surface area contributed by atoms with Gasteiger partial charge in [0.2, 0.25) is 0 Å². The summed E-state index contributed by atoms with van der Waals surface area (Å²) in [5.41, 5.74) is 1.20. The molecule has 2 rings (SSSR count). The summed E-state index contributed by atoms with van der Waals surface area (Å²) in [7, 11) is 0. The Hall–Kier alpha value is -2.09. The van der Waals surface area contributed by atoms with Gasteiger partial charge in [-0.25, -0.2) is 0 Å². The topological polar surface area (TPSA) is 37.3 Å². The molecule has 0 aromatic heterocycles. The standard InChI is InChI=1S/C12H10.CH2O2/c1-2-10-7-5-8-11-6-3-4-9-12(10)11;2-1-3/h2-9H,1H2;1H,(H,2,3). The Kier molecular flexibility index (Phi) is 4.10. The van der Waals surface area contributed by atoms with Crippen LogP contribution in [0.3, 0.4) is 0 Å². The van der Waals surface area contributed by atoms with E-state index >= 15 is 0 Å². The molecule has 0 spiro atoms. The third kappa shape index (κ3) is 2.68. The first-order valence-corrected chi connectivity index (χ1v) is 4.51. The van der Waals surface area contributed by atoms with Gasteiger partial charge in [0, 0.05) is 0 Å². The van der Waals surface area contributed by atoms with E-state index in [-0.39, 0.29) is 6.47 Å². The van der Waals surface area contributed by atoms with E-state index in [1.54, 1.807) is 0 Å². The second-order valence-electron chi connectivity index (χ2n) is 2.88. The molecule has 0 heterocycles. The van der Waals surface area contributed by atoms with Crippen LogP contribution in [-0.2, 0) is 4.79 Å². The number of rotatable bonds is 1. The average Bonchev–Trinajstić information content (AvgIpc) is 2.29. The molecular weight excluding hydrogens is 188 g/mol. The summed E-state index contributed by atoms with van der Waals surface area (Å²) < 4.78 is 0. The van der Waals surface area contributed by atoms with Gasteiger partial charge in [-0.05, 0) is 16.3 Å². The minimum absolute atomic E-state index is 0.250. The summed E-state index contributed by atoms with van der Waals surface area (Å²) in [5, 5.41) is 9.44. The quantitative estimate of drug-likeness (QED) is 0.718. The van der Waals surface area contributed by atoms with Crippen LogP contribution in [0.2, 0.25) is 0 Å². The molecule has 1 N–H and O–H groups in total. The van der Waals surface area contributed by atoms with E-state index in [0.717, 1.165) is 0 Å². The van der Waals surface area contributed by atoms with E-state index in [1.807, 2.05) is 6.08 Å². The van der Waals surface area contributed by atoms with Gasteiger partial charge in [-0.2, -0.15) is 0 Å². The molecule has 2 aromatic rings. The van der Waals surface area contributed by atoms with Gasteiger partial charge in [0.05, 0.1) is 0 Å². The second kappa shape index (κ2) is 5.60. The minimum atomic E-state index is -0.250. The lowest BCUT2D eigenvalue weighted by atomic mass is 10.1. The van der Waals surface area contributed by atoms with Crippen LogP contribution in [0.15, 0.2) is 49.0 Å². The van der Waals surface area contributed by atoms with E-state index in [9.17, 15) is 0 Å². The van der Waals surface area contributed by atoms with Crippen molar-refractivity contribution < 1.29 is 9.90 Å². The first kappa shape index (κ1) is 11.0. The fourth-order valence-corrected chi connectivity index (χ4v) is 1.43. The Bertz CT molecular complexity index is 456. The van der Waals surface area contributed by atoms with Crippen molar-refractivity contribution in [3.63, 3.8) is 0 Å². The summed E-state index contributed by atoms with van der Waals surface area (Å²) in [6.07, 6.45) is 1.89. The maximum atomic E-state index is 8.36. The van der Waals surface area contributed by atoms with Crippen molar-refractivity contribution in [3.8, 4) is 0 Å². The molecule has 0 saturated heterocycles. The summed E-state index contributed by atoms with van der Waals surface area (Å²) >= 11 is 0. The highest BCUT2D eigenvalue weighted by atomic mass is 16.3. The lowest BCUT2D eigenvalue weighted by Gasteiger charge is -1.99.